The monoisotopic (exact) mass is 575 g/mol. The largest absolute Gasteiger partial charge is 0.598 e. The lowest BCUT2D eigenvalue weighted by Gasteiger charge is -2.36. The summed E-state index contributed by atoms with van der Waals surface area (Å²) in [5.74, 6) is 0. The van der Waals surface area contributed by atoms with Crippen LogP contribution in [0.5, 0.6) is 0 Å². The van der Waals surface area contributed by atoms with E-state index in [0.29, 0.717) is 18.2 Å². The standard InChI is InChI=1S/C28H38ClN3O2S2Si/c1-27(2,3)36(33)32-18-23-22(20-13-16-30-17-14-20)11-12-24(29)25(23)35-26-21(10-9-15-31-26)19-34-37(7,8)28(4,5)6/h9-17,32H,18-19H2,1-8H3. The van der Waals surface area contributed by atoms with E-state index in [4.69, 9.17) is 21.0 Å². The van der Waals surface area contributed by atoms with E-state index in [9.17, 15) is 4.55 Å². The molecule has 0 saturated heterocycles. The van der Waals surface area contributed by atoms with Gasteiger partial charge in [0.2, 0.25) is 0 Å². The topological polar surface area (TPSA) is 70.1 Å². The smallest absolute Gasteiger partial charge is 0.192 e. The first-order valence-electron chi connectivity index (χ1n) is 12.3. The van der Waals surface area contributed by atoms with Crippen LogP contribution in [0.4, 0.5) is 0 Å². The second kappa shape index (κ2) is 12.2. The van der Waals surface area contributed by atoms with Crippen LogP contribution in [-0.2, 0) is 28.9 Å². The summed E-state index contributed by atoms with van der Waals surface area (Å²) in [5, 5.41) is 1.60. The fourth-order valence-corrected chi connectivity index (χ4v) is 6.22. The number of pyridine rings is 2. The fourth-order valence-electron chi connectivity index (χ4n) is 3.24. The minimum atomic E-state index is -1.93. The molecule has 1 N–H and O–H groups in total. The van der Waals surface area contributed by atoms with Crippen LogP contribution in [-0.4, -0.2) is 27.6 Å². The van der Waals surface area contributed by atoms with Gasteiger partial charge in [0.1, 0.15) is 9.77 Å². The summed E-state index contributed by atoms with van der Waals surface area (Å²) >= 11 is 7.11. The van der Waals surface area contributed by atoms with E-state index < -0.39 is 24.4 Å². The maximum absolute atomic E-state index is 12.9. The zero-order valence-corrected chi connectivity index (χ0v) is 26.4. The van der Waals surface area contributed by atoms with Crippen molar-refractivity contribution in [3.05, 3.63) is 71.1 Å². The van der Waals surface area contributed by atoms with E-state index in [1.807, 2.05) is 51.1 Å². The highest BCUT2D eigenvalue weighted by Crippen LogP contribution is 2.42. The average Bonchev–Trinajstić information content (AvgIpc) is 2.82. The molecule has 0 radical (unpaired) electrons. The predicted octanol–water partition coefficient (Wildman–Crippen LogP) is 8.02. The summed E-state index contributed by atoms with van der Waals surface area (Å²) in [5.41, 5.74) is 4.04. The Bertz CT molecular complexity index is 1200. The Hall–Kier alpha value is -1.39. The van der Waals surface area contributed by atoms with Crippen molar-refractivity contribution in [2.45, 2.75) is 87.5 Å². The van der Waals surface area contributed by atoms with Crippen molar-refractivity contribution in [3.8, 4) is 11.1 Å². The number of hydrogen-bond acceptors (Lipinski definition) is 6. The minimum absolute atomic E-state index is 0.117. The molecule has 200 valence electrons. The van der Waals surface area contributed by atoms with Crippen molar-refractivity contribution >= 4 is 43.0 Å². The van der Waals surface area contributed by atoms with Crippen LogP contribution in [0.25, 0.3) is 11.1 Å². The van der Waals surface area contributed by atoms with Crippen molar-refractivity contribution in [3.63, 3.8) is 0 Å². The maximum atomic E-state index is 12.9. The highest BCUT2D eigenvalue weighted by Gasteiger charge is 2.37. The van der Waals surface area contributed by atoms with Crippen molar-refractivity contribution in [1.29, 1.82) is 0 Å². The predicted molar refractivity (Wildman–Crippen MR) is 160 cm³/mol. The summed E-state index contributed by atoms with van der Waals surface area (Å²) in [4.78, 5) is 9.76. The van der Waals surface area contributed by atoms with Gasteiger partial charge in [-0.3, -0.25) is 4.98 Å². The minimum Gasteiger partial charge on any atom is -0.598 e. The number of nitrogens with one attached hydrogen (secondary N) is 1. The van der Waals surface area contributed by atoms with Crippen LogP contribution in [0.2, 0.25) is 23.2 Å². The molecule has 2 heterocycles. The highest BCUT2D eigenvalue weighted by atomic mass is 35.5. The second-order valence-corrected chi connectivity index (χ2v) is 19.7. The number of nitrogens with zero attached hydrogens (tertiary/aromatic N) is 2. The lowest BCUT2D eigenvalue weighted by molar-refractivity contribution is 0.273. The van der Waals surface area contributed by atoms with Crippen LogP contribution in [0, 0.1) is 0 Å². The molecule has 1 atom stereocenters. The Morgan fingerprint density at radius 3 is 2.32 bits per heavy atom. The molecule has 0 aliphatic carbocycles. The van der Waals surface area contributed by atoms with Gasteiger partial charge in [-0.1, -0.05) is 56.3 Å². The Kier molecular flexibility index (Phi) is 9.94. The molecule has 2 aromatic heterocycles. The SMILES string of the molecule is CC(C)(C)[S+]([O-])NCc1c(-c2ccncc2)ccc(Cl)c1Sc1ncccc1CO[Si](C)(C)C(C)(C)C. The van der Waals surface area contributed by atoms with Crippen LogP contribution in [0.3, 0.4) is 0 Å². The van der Waals surface area contributed by atoms with Crippen LogP contribution >= 0.6 is 23.4 Å². The van der Waals surface area contributed by atoms with Crippen molar-refractivity contribution < 1.29 is 8.98 Å². The van der Waals surface area contributed by atoms with E-state index in [-0.39, 0.29) is 5.04 Å². The lowest BCUT2D eigenvalue weighted by Crippen LogP contribution is -2.40. The quantitative estimate of drug-likeness (QED) is 0.206. The summed E-state index contributed by atoms with van der Waals surface area (Å²) in [6.07, 6.45) is 5.35. The molecule has 3 rings (SSSR count). The maximum Gasteiger partial charge on any atom is 0.192 e. The van der Waals surface area contributed by atoms with Gasteiger partial charge in [0.05, 0.1) is 18.2 Å². The first-order chi connectivity index (χ1) is 17.2. The Balaban J connectivity index is 2.01. The van der Waals surface area contributed by atoms with Gasteiger partial charge in [-0.05, 0) is 79.9 Å². The molecule has 0 aliphatic rings. The molecule has 37 heavy (non-hydrogen) atoms. The first kappa shape index (κ1) is 30.2. The number of aromatic nitrogens is 2. The lowest BCUT2D eigenvalue weighted by atomic mass is 10.0. The Morgan fingerprint density at radius 1 is 1.03 bits per heavy atom. The van der Waals surface area contributed by atoms with E-state index in [1.165, 1.54) is 11.8 Å². The third-order valence-electron chi connectivity index (χ3n) is 6.58. The number of hydrogen-bond donors (Lipinski definition) is 1. The summed E-state index contributed by atoms with van der Waals surface area (Å²) in [7, 11) is -1.93. The molecule has 9 heteroatoms. The normalized spacial score (nSPS) is 13.6. The van der Waals surface area contributed by atoms with Crippen LogP contribution in [0.15, 0.2) is 64.9 Å². The van der Waals surface area contributed by atoms with Gasteiger partial charge >= 0.3 is 0 Å². The molecule has 0 amide bonds. The zero-order chi connectivity index (χ0) is 27.4. The Morgan fingerprint density at radius 2 is 1.70 bits per heavy atom. The van der Waals surface area contributed by atoms with Crippen molar-refractivity contribution in [2.75, 3.05) is 0 Å². The number of rotatable bonds is 9. The third-order valence-corrected chi connectivity index (χ3v) is 14.2. The molecular weight excluding hydrogens is 538 g/mol. The Labute approximate surface area is 235 Å². The summed E-state index contributed by atoms with van der Waals surface area (Å²) < 4.78 is 22.2. The number of halogens is 1. The molecule has 3 aromatic rings. The molecule has 1 aromatic carbocycles. The van der Waals surface area contributed by atoms with E-state index in [1.54, 1.807) is 18.6 Å². The van der Waals surface area contributed by atoms with E-state index in [2.05, 4.69) is 49.6 Å². The fraction of sp³-hybridized carbons (Fsp3) is 0.429. The van der Waals surface area contributed by atoms with Crippen molar-refractivity contribution in [1.82, 2.24) is 14.7 Å². The van der Waals surface area contributed by atoms with Gasteiger partial charge in [0, 0.05) is 40.4 Å². The van der Waals surface area contributed by atoms with Gasteiger partial charge in [0.15, 0.2) is 8.32 Å². The van der Waals surface area contributed by atoms with Crippen LogP contribution < -0.4 is 4.72 Å². The summed E-state index contributed by atoms with van der Waals surface area (Å²) in [6.45, 7) is 18.0. The molecule has 1 unspecified atom stereocenters. The highest BCUT2D eigenvalue weighted by molar-refractivity contribution is 7.99. The van der Waals surface area contributed by atoms with Gasteiger partial charge in [-0.15, -0.1) is 4.72 Å². The van der Waals surface area contributed by atoms with E-state index >= 15 is 0 Å². The average molecular weight is 576 g/mol. The zero-order valence-electron chi connectivity index (χ0n) is 23.0. The van der Waals surface area contributed by atoms with Gasteiger partial charge in [-0.2, -0.15) is 0 Å². The van der Waals surface area contributed by atoms with E-state index in [0.717, 1.165) is 32.2 Å². The van der Waals surface area contributed by atoms with Gasteiger partial charge in [-0.25, -0.2) is 4.98 Å². The van der Waals surface area contributed by atoms with Gasteiger partial charge in [0.25, 0.3) is 0 Å². The van der Waals surface area contributed by atoms with Crippen molar-refractivity contribution in [2.24, 2.45) is 0 Å². The summed E-state index contributed by atoms with van der Waals surface area (Å²) in [6, 6.07) is 11.9. The van der Waals surface area contributed by atoms with Crippen LogP contribution in [0.1, 0.15) is 52.7 Å². The first-order valence-corrected chi connectivity index (χ1v) is 17.6. The molecule has 0 fully saturated rings. The second-order valence-electron chi connectivity index (χ2n) is 11.5. The molecule has 0 saturated carbocycles. The molecule has 0 spiro atoms. The molecule has 0 aliphatic heterocycles. The molecule has 0 bridgehead atoms. The third kappa shape index (κ3) is 7.82. The number of benzene rings is 1. The molecule has 5 nitrogen and oxygen atoms in total. The van der Waals surface area contributed by atoms with Gasteiger partial charge < -0.3 is 8.98 Å². The molecular formula is C28H38ClN3O2S2Si.